The van der Waals surface area contributed by atoms with E-state index in [1.54, 1.807) is 6.92 Å². The van der Waals surface area contributed by atoms with Gasteiger partial charge in [0, 0.05) is 6.20 Å². The normalized spacial score (nSPS) is 9.79. The van der Waals surface area contributed by atoms with Gasteiger partial charge in [-0.2, -0.15) is 0 Å². The molecule has 0 radical (unpaired) electrons. The minimum atomic E-state index is -0.773. The molecule has 2 amide bonds. The van der Waals surface area contributed by atoms with Crippen LogP contribution in [0.3, 0.4) is 0 Å². The summed E-state index contributed by atoms with van der Waals surface area (Å²) in [6.45, 7) is 1.88. The highest BCUT2D eigenvalue weighted by Gasteiger charge is 2.06. The van der Waals surface area contributed by atoms with Crippen molar-refractivity contribution in [3.8, 4) is 0 Å². The van der Waals surface area contributed by atoms with Crippen molar-refractivity contribution in [1.82, 2.24) is 5.32 Å². The van der Waals surface area contributed by atoms with Gasteiger partial charge in [0.15, 0.2) is 5.78 Å². The number of primary amides is 1. The van der Waals surface area contributed by atoms with Gasteiger partial charge in [-0.25, -0.2) is 4.79 Å². The topological polar surface area (TPSA) is 98.5 Å². The summed E-state index contributed by atoms with van der Waals surface area (Å²) in [7, 11) is 0. The molecule has 0 aliphatic rings. The fourth-order valence-corrected chi connectivity index (χ4v) is 0.630. The van der Waals surface area contributed by atoms with Crippen molar-refractivity contribution in [2.24, 2.45) is 5.73 Å². The average Bonchev–Trinajstić information content (AvgIpc) is 2.03. The second-order valence-electron chi connectivity index (χ2n) is 2.29. The zero-order valence-electron chi connectivity index (χ0n) is 7.78. The summed E-state index contributed by atoms with van der Waals surface area (Å²) < 4.78 is 4.53. The number of allylic oxidation sites excluding steroid dienone is 1. The van der Waals surface area contributed by atoms with Gasteiger partial charge in [-0.05, 0) is 13.0 Å². The van der Waals surface area contributed by atoms with Crippen molar-refractivity contribution in [2.75, 3.05) is 6.61 Å². The Kier molecular flexibility index (Phi) is 5.77. The maximum Gasteiger partial charge on any atom is 0.316 e. The highest BCUT2D eigenvalue weighted by Crippen LogP contribution is 1.89. The van der Waals surface area contributed by atoms with Crippen LogP contribution in [0.4, 0.5) is 4.79 Å². The molecule has 0 aliphatic heterocycles. The summed E-state index contributed by atoms with van der Waals surface area (Å²) >= 11 is 0. The summed E-state index contributed by atoms with van der Waals surface area (Å²) in [6.07, 6.45) is 1.77. The smallest absolute Gasteiger partial charge is 0.316 e. The van der Waals surface area contributed by atoms with E-state index in [1.165, 1.54) is 0 Å². The van der Waals surface area contributed by atoms with Crippen LogP contribution in [0.2, 0.25) is 0 Å². The van der Waals surface area contributed by atoms with Gasteiger partial charge in [0.2, 0.25) is 0 Å². The molecular weight excluding hydrogens is 188 g/mol. The van der Waals surface area contributed by atoms with Gasteiger partial charge >= 0.3 is 12.0 Å². The average molecular weight is 200 g/mol. The summed E-state index contributed by atoms with van der Waals surface area (Å²) in [6, 6.07) is -0.773. The van der Waals surface area contributed by atoms with E-state index >= 15 is 0 Å². The molecule has 6 heteroatoms. The summed E-state index contributed by atoms with van der Waals surface area (Å²) in [5.41, 5.74) is 4.72. The number of carbonyl (C=O) groups excluding carboxylic acids is 3. The van der Waals surface area contributed by atoms with Crippen molar-refractivity contribution >= 4 is 17.8 Å². The lowest BCUT2D eigenvalue weighted by atomic mass is 10.3. The number of esters is 1. The predicted molar refractivity (Wildman–Crippen MR) is 48.1 cm³/mol. The molecule has 3 N–H and O–H groups in total. The monoisotopic (exact) mass is 200 g/mol. The van der Waals surface area contributed by atoms with Gasteiger partial charge in [0.25, 0.3) is 0 Å². The van der Waals surface area contributed by atoms with Crippen LogP contribution in [0.5, 0.6) is 0 Å². The first kappa shape index (κ1) is 12.2. The zero-order chi connectivity index (χ0) is 11.0. The molecule has 0 aromatic heterocycles. The Hall–Kier alpha value is -1.85. The van der Waals surface area contributed by atoms with Crippen molar-refractivity contribution in [3.63, 3.8) is 0 Å². The Morgan fingerprint density at radius 1 is 1.43 bits per heavy atom. The zero-order valence-corrected chi connectivity index (χ0v) is 7.78. The van der Waals surface area contributed by atoms with E-state index in [1.807, 2.05) is 0 Å². The maximum atomic E-state index is 10.9. The number of hydrogen-bond acceptors (Lipinski definition) is 4. The third kappa shape index (κ3) is 6.84. The summed E-state index contributed by atoms with van der Waals surface area (Å²) in [4.78, 5) is 31.9. The third-order valence-corrected chi connectivity index (χ3v) is 1.12. The molecule has 0 rings (SSSR count). The van der Waals surface area contributed by atoms with E-state index in [0.29, 0.717) is 0 Å². The molecule has 0 aromatic carbocycles. The van der Waals surface area contributed by atoms with Gasteiger partial charge < -0.3 is 15.8 Å². The predicted octanol–water partition coefficient (Wildman–Crippen LogP) is -0.309. The fourth-order valence-electron chi connectivity index (χ4n) is 0.630. The molecule has 0 spiro atoms. The van der Waals surface area contributed by atoms with E-state index in [0.717, 1.165) is 12.3 Å². The number of nitrogens with one attached hydrogen (secondary N) is 1. The second-order valence-corrected chi connectivity index (χ2v) is 2.29. The lowest BCUT2D eigenvalue weighted by Crippen LogP contribution is -2.24. The summed E-state index contributed by atoms with van der Waals surface area (Å²) in [5, 5.41) is 2.07. The van der Waals surface area contributed by atoms with Crippen LogP contribution < -0.4 is 11.1 Å². The number of rotatable bonds is 5. The highest BCUT2D eigenvalue weighted by molar-refractivity contribution is 6.02. The summed E-state index contributed by atoms with van der Waals surface area (Å²) in [5.74, 6) is -1.06. The molecule has 0 unspecified atom stereocenters. The molecule has 14 heavy (non-hydrogen) atoms. The number of nitrogens with two attached hydrogens (primary N) is 1. The van der Waals surface area contributed by atoms with Crippen LogP contribution >= 0.6 is 0 Å². The number of ketones is 1. The molecule has 0 atom stereocenters. The van der Waals surface area contributed by atoms with Crippen LogP contribution in [-0.2, 0) is 14.3 Å². The van der Waals surface area contributed by atoms with Crippen molar-refractivity contribution in [3.05, 3.63) is 12.3 Å². The number of amides is 2. The minimum Gasteiger partial charge on any atom is -0.466 e. The van der Waals surface area contributed by atoms with Crippen molar-refractivity contribution in [1.29, 1.82) is 0 Å². The number of hydrogen-bond donors (Lipinski definition) is 2. The van der Waals surface area contributed by atoms with Gasteiger partial charge in [0.1, 0.15) is 6.42 Å². The third-order valence-electron chi connectivity index (χ3n) is 1.12. The quantitative estimate of drug-likeness (QED) is 0.361. The first-order valence-electron chi connectivity index (χ1n) is 3.97. The van der Waals surface area contributed by atoms with Crippen LogP contribution in [0.1, 0.15) is 13.3 Å². The van der Waals surface area contributed by atoms with Crippen LogP contribution in [0, 0.1) is 0 Å². The number of ether oxygens (including phenoxy) is 1. The Balaban J connectivity index is 3.80. The van der Waals surface area contributed by atoms with Crippen molar-refractivity contribution in [2.45, 2.75) is 13.3 Å². The Morgan fingerprint density at radius 3 is 2.57 bits per heavy atom. The Labute approximate surface area is 81.1 Å². The Morgan fingerprint density at radius 2 is 2.07 bits per heavy atom. The highest BCUT2D eigenvalue weighted by atomic mass is 16.5. The van der Waals surface area contributed by atoms with E-state index in [-0.39, 0.29) is 13.0 Å². The maximum absolute atomic E-state index is 10.9. The van der Waals surface area contributed by atoms with E-state index in [4.69, 9.17) is 5.73 Å². The van der Waals surface area contributed by atoms with E-state index in [2.05, 4.69) is 10.1 Å². The standard InChI is InChI=1S/C8H12N2O4/c1-2-14-7(12)5-6(11)3-4-10-8(9)13/h3-4H,2,5H2,1H3,(H3,9,10,13). The first-order valence-corrected chi connectivity index (χ1v) is 3.97. The molecule has 0 aromatic rings. The minimum absolute atomic E-state index is 0.232. The van der Waals surface area contributed by atoms with E-state index < -0.39 is 17.8 Å². The van der Waals surface area contributed by atoms with E-state index in [9.17, 15) is 14.4 Å². The van der Waals surface area contributed by atoms with Crippen LogP contribution in [-0.4, -0.2) is 24.4 Å². The molecule has 0 saturated heterocycles. The van der Waals surface area contributed by atoms with Gasteiger partial charge in [-0.1, -0.05) is 0 Å². The molecule has 0 saturated carbocycles. The molecule has 6 nitrogen and oxygen atoms in total. The van der Waals surface area contributed by atoms with Crippen LogP contribution in [0.25, 0.3) is 0 Å². The molecule has 0 bridgehead atoms. The lowest BCUT2D eigenvalue weighted by Gasteiger charge is -1.97. The Bertz CT molecular complexity index is 260. The fraction of sp³-hybridized carbons (Fsp3) is 0.375. The molecule has 78 valence electrons. The van der Waals surface area contributed by atoms with Crippen LogP contribution in [0.15, 0.2) is 12.3 Å². The number of carbonyl (C=O) groups is 3. The molecule has 0 fully saturated rings. The van der Waals surface area contributed by atoms with Gasteiger partial charge in [-0.3, -0.25) is 9.59 Å². The van der Waals surface area contributed by atoms with Gasteiger partial charge in [0.05, 0.1) is 6.61 Å². The van der Waals surface area contributed by atoms with Crippen molar-refractivity contribution < 1.29 is 19.1 Å². The number of urea groups is 1. The SMILES string of the molecule is CCOC(=O)CC(=O)C=CNC(N)=O. The molecule has 0 heterocycles. The lowest BCUT2D eigenvalue weighted by molar-refractivity contribution is -0.144. The molecule has 0 aliphatic carbocycles. The second kappa shape index (κ2) is 6.64. The van der Waals surface area contributed by atoms with Gasteiger partial charge in [-0.15, -0.1) is 0 Å². The molecular formula is C8H12N2O4. The largest absolute Gasteiger partial charge is 0.466 e. The first-order chi connectivity index (χ1) is 6.56.